The Morgan fingerprint density at radius 1 is 0.656 bits per heavy atom. The third-order valence-corrected chi connectivity index (χ3v) is 11.9. The van der Waals surface area contributed by atoms with Gasteiger partial charge in [0.2, 0.25) is 6.29 Å². The van der Waals surface area contributed by atoms with E-state index < -0.39 is 56.1 Å². The van der Waals surface area contributed by atoms with Crippen molar-refractivity contribution in [1.82, 2.24) is 0 Å². The highest BCUT2D eigenvalue weighted by atomic mass is 31.2. The zero-order chi connectivity index (χ0) is 43.2. The second-order valence-electron chi connectivity index (χ2n) is 16.2. The lowest BCUT2D eigenvalue weighted by Crippen LogP contribution is -2.62. The predicted octanol–water partition coefficient (Wildman–Crippen LogP) is 10.6. The summed E-state index contributed by atoms with van der Waals surface area (Å²) in [6.07, 6.45) is -5.07. The summed E-state index contributed by atoms with van der Waals surface area (Å²) >= 11 is 0. The maximum absolute atomic E-state index is 14.5. The Balaban J connectivity index is 1.35. The van der Waals surface area contributed by atoms with E-state index in [1.54, 1.807) is 20.8 Å². The molecule has 0 spiro atoms. The Morgan fingerprint density at radius 3 is 1.75 bits per heavy atom. The van der Waals surface area contributed by atoms with Crippen LogP contribution >= 0.6 is 7.82 Å². The molecule has 328 valence electrons. The number of rotatable bonds is 21. The molecule has 2 aliphatic rings. The number of unbranched alkanes of at least 4 members (excludes halogenated alkanes) is 2. The summed E-state index contributed by atoms with van der Waals surface area (Å²) in [7, 11) is -4.37. The average Bonchev–Trinajstić information content (AvgIpc) is 3.57. The van der Waals surface area contributed by atoms with Crippen molar-refractivity contribution in [1.29, 1.82) is 0 Å². The van der Waals surface area contributed by atoms with Crippen LogP contribution in [0.2, 0.25) is 0 Å². The van der Waals surface area contributed by atoms with Crippen molar-refractivity contribution in [2.45, 2.75) is 110 Å². The Hall–Kier alpha value is -4.39. The maximum atomic E-state index is 14.5. The van der Waals surface area contributed by atoms with Gasteiger partial charge >= 0.3 is 19.9 Å². The third kappa shape index (κ3) is 12.6. The van der Waals surface area contributed by atoms with Gasteiger partial charge in [-0.2, -0.15) is 0 Å². The quantitative estimate of drug-likeness (QED) is 0.0448. The molecule has 0 bridgehead atoms. The van der Waals surface area contributed by atoms with Gasteiger partial charge < -0.3 is 28.4 Å². The number of carbonyl (C=O) groups excluding carboxylic acids is 2. The highest BCUT2D eigenvalue weighted by Gasteiger charge is 2.55. The fraction of sp³-hybridized carbons (Fsp3) is 0.458. The first-order valence-electron chi connectivity index (χ1n) is 21.2. The van der Waals surface area contributed by atoms with Gasteiger partial charge in [0.1, 0.15) is 18.8 Å². The highest BCUT2D eigenvalue weighted by Crippen LogP contribution is 2.53. The molecule has 61 heavy (non-hydrogen) atoms. The lowest BCUT2D eigenvalue weighted by Gasteiger charge is -2.45. The van der Waals surface area contributed by atoms with Crippen molar-refractivity contribution in [2.75, 3.05) is 26.4 Å². The van der Waals surface area contributed by atoms with E-state index in [9.17, 15) is 14.2 Å². The van der Waals surface area contributed by atoms with Crippen LogP contribution in [0, 0.1) is 5.41 Å². The number of carbonyl (C=O) groups is 2. The average molecular weight is 859 g/mol. The van der Waals surface area contributed by atoms with Crippen molar-refractivity contribution < 1.29 is 56.1 Å². The topological polar surface area (TPSA) is 134 Å². The van der Waals surface area contributed by atoms with Gasteiger partial charge in [0.15, 0.2) is 12.2 Å². The monoisotopic (exact) mass is 858 g/mol. The molecule has 5 atom stereocenters. The van der Waals surface area contributed by atoms with Crippen molar-refractivity contribution in [3.05, 3.63) is 131 Å². The second-order valence-corrected chi connectivity index (χ2v) is 17.8. The Labute approximate surface area is 359 Å². The predicted molar refractivity (Wildman–Crippen MR) is 229 cm³/mol. The molecule has 0 amide bonds. The molecule has 0 saturated carbocycles. The highest BCUT2D eigenvalue weighted by molar-refractivity contribution is 7.48. The van der Waals surface area contributed by atoms with Crippen LogP contribution in [0.25, 0.3) is 11.1 Å². The standard InChI is InChI=1S/C48H59O12P/c1-6-8-28-55-61(51,56-29-9-7-2)60-45-44(58-46(49)48(3,4)5)43(59-47(50)54-32-40-38-26-18-16-24-36(38)37-25-17-19-27-39(37)40)42(53-31-35-22-14-11-15-23-35)41(57-45)33-52-30-34-20-12-10-13-21-34/h10-27,40-45H,6-9,28-33H2,1-5H3/t41-,42+,43+,44-,45?/m1/s1. The van der Waals surface area contributed by atoms with E-state index in [1.165, 1.54) is 0 Å². The van der Waals surface area contributed by atoms with Crippen LogP contribution < -0.4 is 0 Å². The molecule has 12 nitrogen and oxygen atoms in total. The smallest absolute Gasteiger partial charge is 0.452 e. The zero-order valence-electron chi connectivity index (χ0n) is 35.8. The van der Waals surface area contributed by atoms with Gasteiger partial charge in [0, 0.05) is 5.92 Å². The number of fused-ring (bicyclic) bond motifs is 3. The molecule has 1 heterocycles. The number of ether oxygens (including phenoxy) is 6. The molecule has 1 unspecified atom stereocenters. The van der Waals surface area contributed by atoms with Crippen molar-refractivity contribution in [3.8, 4) is 11.1 Å². The summed E-state index contributed by atoms with van der Waals surface area (Å²) in [4.78, 5) is 28.0. The van der Waals surface area contributed by atoms with Crippen LogP contribution in [0.3, 0.4) is 0 Å². The Kier molecular flexibility index (Phi) is 16.7. The minimum Gasteiger partial charge on any atom is -0.452 e. The molecule has 0 radical (unpaired) electrons. The summed E-state index contributed by atoms with van der Waals surface area (Å²) in [6.45, 7) is 9.32. The van der Waals surface area contributed by atoms with Crippen LogP contribution in [-0.4, -0.2) is 69.3 Å². The summed E-state index contributed by atoms with van der Waals surface area (Å²) in [5.41, 5.74) is 4.90. The normalized spacial score (nSPS) is 20.1. The van der Waals surface area contributed by atoms with Gasteiger partial charge in [-0.15, -0.1) is 0 Å². The molecule has 1 aliphatic carbocycles. The van der Waals surface area contributed by atoms with E-state index in [2.05, 4.69) is 0 Å². The first-order valence-corrected chi connectivity index (χ1v) is 22.7. The second kappa shape index (κ2) is 22.1. The van der Waals surface area contributed by atoms with E-state index in [-0.39, 0.29) is 45.6 Å². The van der Waals surface area contributed by atoms with Crippen LogP contribution in [0.4, 0.5) is 4.79 Å². The van der Waals surface area contributed by atoms with Crippen molar-refractivity contribution >= 4 is 19.9 Å². The summed E-state index contributed by atoms with van der Waals surface area (Å²) in [5.74, 6) is -0.916. The van der Waals surface area contributed by atoms with Gasteiger partial charge in [-0.3, -0.25) is 18.4 Å². The molecular formula is C48H59O12P. The zero-order valence-corrected chi connectivity index (χ0v) is 36.7. The molecule has 1 aliphatic heterocycles. The first kappa shape index (κ1) is 46.1. The molecule has 4 aromatic rings. The van der Waals surface area contributed by atoms with E-state index in [4.69, 9.17) is 42.0 Å². The minimum atomic E-state index is -4.37. The molecular weight excluding hydrogens is 799 g/mol. The van der Waals surface area contributed by atoms with Gasteiger partial charge in [-0.25, -0.2) is 9.36 Å². The Morgan fingerprint density at radius 2 is 1.20 bits per heavy atom. The molecule has 1 saturated heterocycles. The first-order chi connectivity index (χ1) is 29.5. The van der Waals surface area contributed by atoms with Crippen LogP contribution in [0.5, 0.6) is 0 Å². The van der Waals surface area contributed by atoms with E-state index in [1.807, 2.05) is 123 Å². The molecule has 0 N–H and O–H groups in total. The lowest BCUT2D eigenvalue weighted by molar-refractivity contribution is -0.299. The van der Waals surface area contributed by atoms with E-state index in [0.717, 1.165) is 46.2 Å². The van der Waals surface area contributed by atoms with Gasteiger partial charge in [0.25, 0.3) is 0 Å². The number of hydrogen-bond donors (Lipinski definition) is 0. The third-order valence-electron chi connectivity index (χ3n) is 10.4. The largest absolute Gasteiger partial charge is 0.508 e. The number of phosphoric acid groups is 1. The Bertz CT molecular complexity index is 1980. The van der Waals surface area contributed by atoms with Gasteiger partial charge in [-0.05, 0) is 67.0 Å². The molecule has 4 aromatic carbocycles. The van der Waals surface area contributed by atoms with Crippen molar-refractivity contribution in [2.24, 2.45) is 5.41 Å². The summed E-state index contributed by atoms with van der Waals surface area (Å²) < 4.78 is 70.0. The van der Waals surface area contributed by atoms with Gasteiger partial charge in [-0.1, -0.05) is 136 Å². The molecule has 13 heteroatoms. The fourth-order valence-corrected chi connectivity index (χ4v) is 8.42. The maximum Gasteiger partial charge on any atom is 0.508 e. The van der Waals surface area contributed by atoms with Crippen molar-refractivity contribution in [3.63, 3.8) is 0 Å². The molecule has 0 aromatic heterocycles. The summed E-state index contributed by atoms with van der Waals surface area (Å²) in [6, 6.07) is 35.1. The minimum absolute atomic E-state index is 0.0344. The molecule has 1 fully saturated rings. The van der Waals surface area contributed by atoms with E-state index >= 15 is 0 Å². The SMILES string of the molecule is CCCCOP(=O)(OCCCC)OC1O[C@H](COCc2ccccc2)[C@H](OCc2ccccc2)[C@H](OC(=O)OCC2c3ccccc3-c3ccccc32)[C@H]1OC(=O)C(C)(C)C. The van der Waals surface area contributed by atoms with E-state index in [0.29, 0.717) is 12.8 Å². The van der Waals surface area contributed by atoms with Crippen LogP contribution in [-0.2, 0) is 64.6 Å². The lowest BCUT2D eigenvalue weighted by atomic mass is 9.95. The van der Waals surface area contributed by atoms with Crippen LogP contribution in [0.1, 0.15) is 88.5 Å². The fourth-order valence-electron chi connectivity index (χ4n) is 7.10. The number of benzene rings is 4. The summed E-state index contributed by atoms with van der Waals surface area (Å²) in [5, 5.41) is 0. The number of esters is 1. The van der Waals surface area contributed by atoms with Gasteiger partial charge in [0.05, 0.1) is 38.4 Å². The molecule has 6 rings (SSSR count). The number of hydrogen-bond acceptors (Lipinski definition) is 12. The van der Waals surface area contributed by atoms with Crippen LogP contribution in [0.15, 0.2) is 109 Å². The number of phosphoric ester groups is 1.